The van der Waals surface area contributed by atoms with E-state index < -0.39 is 0 Å². The number of methoxy groups -OCH3 is 1. The van der Waals surface area contributed by atoms with Gasteiger partial charge in [-0.15, -0.1) is 0 Å². The second kappa shape index (κ2) is 7.45. The van der Waals surface area contributed by atoms with Gasteiger partial charge in [0.1, 0.15) is 16.6 Å². The maximum Gasteiger partial charge on any atom is 0.147 e. The van der Waals surface area contributed by atoms with Crippen LogP contribution < -0.4 is 15.4 Å². The predicted octanol–water partition coefficient (Wildman–Crippen LogP) is 3.73. The summed E-state index contributed by atoms with van der Waals surface area (Å²) in [7, 11) is 1.68. The Hall–Kier alpha value is -1.79. The van der Waals surface area contributed by atoms with Crippen LogP contribution in [-0.2, 0) is 0 Å². The molecule has 1 aromatic heterocycles. The summed E-state index contributed by atoms with van der Waals surface area (Å²) in [5, 5.41) is 0.897. The lowest BCUT2D eigenvalue weighted by Crippen LogP contribution is -2.47. The lowest BCUT2D eigenvalue weighted by Gasteiger charge is -2.42. The fraction of sp³-hybridized carbons (Fsp3) is 0.500. The van der Waals surface area contributed by atoms with E-state index in [0.717, 1.165) is 34.6 Å². The van der Waals surface area contributed by atoms with Gasteiger partial charge in [0, 0.05) is 24.0 Å². The van der Waals surface area contributed by atoms with Crippen LogP contribution in [-0.4, -0.2) is 36.2 Å². The van der Waals surface area contributed by atoms with E-state index >= 15 is 0 Å². The van der Waals surface area contributed by atoms with E-state index in [4.69, 9.17) is 10.5 Å². The molecule has 0 radical (unpaired) electrons. The minimum Gasteiger partial charge on any atom is -0.497 e. The summed E-state index contributed by atoms with van der Waals surface area (Å²) in [6.45, 7) is 2.06. The summed E-state index contributed by atoms with van der Waals surface area (Å²) in [6.07, 6.45) is 9.89. The molecule has 4 rings (SSSR count). The van der Waals surface area contributed by atoms with Crippen LogP contribution in [0, 0.1) is 5.41 Å². The zero-order chi connectivity index (χ0) is 18.0. The van der Waals surface area contributed by atoms with Crippen molar-refractivity contribution in [1.82, 2.24) is 9.97 Å². The molecule has 1 saturated carbocycles. The standard InChI is InChI=1S/C20H26N4OS/c1-25-15-4-2-5-16(12-15)26-19-14-22-18(13-23-19)24-10-8-20(9-11-24)7-3-6-17(20)21/h2,4-5,12-14,17H,3,6-11,21H2,1H3/t17-/m1/s1. The van der Waals surface area contributed by atoms with Gasteiger partial charge in [0.15, 0.2) is 0 Å². The van der Waals surface area contributed by atoms with Gasteiger partial charge in [-0.3, -0.25) is 0 Å². The first-order chi connectivity index (χ1) is 12.7. The van der Waals surface area contributed by atoms with Crippen LogP contribution in [0.15, 0.2) is 46.6 Å². The lowest BCUT2D eigenvalue weighted by atomic mass is 9.74. The van der Waals surface area contributed by atoms with Crippen molar-refractivity contribution in [2.24, 2.45) is 11.1 Å². The summed E-state index contributed by atoms with van der Waals surface area (Å²) in [5.41, 5.74) is 6.77. The molecule has 0 unspecified atom stereocenters. The molecule has 138 valence electrons. The molecule has 1 saturated heterocycles. The smallest absolute Gasteiger partial charge is 0.147 e. The monoisotopic (exact) mass is 370 g/mol. The van der Waals surface area contributed by atoms with E-state index in [2.05, 4.69) is 20.9 Å². The number of hydrogen-bond donors (Lipinski definition) is 1. The third-order valence-corrected chi connectivity index (χ3v) is 6.85. The minimum atomic E-state index is 0.381. The molecule has 2 aromatic rings. The van der Waals surface area contributed by atoms with Crippen molar-refractivity contribution in [3.8, 4) is 5.75 Å². The molecule has 1 aromatic carbocycles. The van der Waals surface area contributed by atoms with Crippen molar-refractivity contribution in [1.29, 1.82) is 0 Å². The maximum atomic E-state index is 6.38. The summed E-state index contributed by atoms with van der Waals surface area (Å²) >= 11 is 1.60. The van der Waals surface area contributed by atoms with Gasteiger partial charge >= 0.3 is 0 Å². The summed E-state index contributed by atoms with van der Waals surface area (Å²) in [6, 6.07) is 8.38. The van der Waals surface area contributed by atoms with E-state index in [1.165, 1.54) is 32.1 Å². The number of aromatic nitrogens is 2. The highest BCUT2D eigenvalue weighted by Gasteiger charge is 2.42. The third kappa shape index (κ3) is 3.53. The van der Waals surface area contributed by atoms with Gasteiger partial charge in [-0.05, 0) is 49.3 Å². The third-order valence-electron chi connectivity index (χ3n) is 5.94. The SMILES string of the molecule is COc1cccc(Sc2cnc(N3CCC4(CCC[C@H]4N)CC3)cn2)c1. The normalized spacial score (nSPS) is 21.9. The molecular formula is C20H26N4OS. The van der Waals surface area contributed by atoms with Crippen LogP contribution >= 0.6 is 11.8 Å². The number of benzene rings is 1. The van der Waals surface area contributed by atoms with Gasteiger partial charge in [0.25, 0.3) is 0 Å². The van der Waals surface area contributed by atoms with Gasteiger partial charge in [-0.1, -0.05) is 24.2 Å². The molecule has 2 fully saturated rings. The van der Waals surface area contributed by atoms with Gasteiger partial charge in [0.05, 0.1) is 19.5 Å². The Morgan fingerprint density at radius 1 is 1.19 bits per heavy atom. The molecule has 0 amide bonds. The first-order valence-electron chi connectivity index (χ1n) is 9.33. The molecule has 5 nitrogen and oxygen atoms in total. The molecular weight excluding hydrogens is 344 g/mol. The van der Waals surface area contributed by atoms with Crippen LogP contribution in [0.2, 0.25) is 0 Å². The van der Waals surface area contributed by atoms with Crippen LogP contribution in [0.1, 0.15) is 32.1 Å². The van der Waals surface area contributed by atoms with E-state index in [9.17, 15) is 0 Å². The van der Waals surface area contributed by atoms with E-state index in [1.54, 1.807) is 18.9 Å². The molecule has 2 N–H and O–H groups in total. The minimum absolute atomic E-state index is 0.381. The average molecular weight is 371 g/mol. The Balaban J connectivity index is 1.39. The van der Waals surface area contributed by atoms with Gasteiger partial charge < -0.3 is 15.4 Å². The molecule has 2 heterocycles. The van der Waals surface area contributed by atoms with Gasteiger partial charge in [-0.25, -0.2) is 9.97 Å². The first kappa shape index (κ1) is 17.6. The topological polar surface area (TPSA) is 64.3 Å². The van der Waals surface area contributed by atoms with Crippen LogP contribution in [0.4, 0.5) is 5.82 Å². The second-order valence-electron chi connectivity index (χ2n) is 7.34. The fourth-order valence-corrected chi connectivity index (χ4v) is 5.05. The van der Waals surface area contributed by atoms with Crippen molar-refractivity contribution in [2.75, 3.05) is 25.1 Å². The van der Waals surface area contributed by atoms with E-state index in [1.807, 2.05) is 30.6 Å². The second-order valence-corrected chi connectivity index (χ2v) is 8.44. The summed E-state index contributed by atoms with van der Waals surface area (Å²) in [5.74, 6) is 1.83. The average Bonchev–Trinajstić information content (AvgIpc) is 3.03. The number of nitrogens with zero attached hydrogens (tertiary/aromatic N) is 3. The first-order valence-corrected chi connectivity index (χ1v) is 10.1. The number of ether oxygens (including phenoxy) is 1. The van der Waals surface area contributed by atoms with Gasteiger partial charge in [0.2, 0.25) is 0 Å². The molecule has 6 heteroatoms. The summed E-state index contributed by atoms with van der Waals surface area (Å²) in [4.78, 5) is 12.7. The van der Waals surface area contributed by atoms with Crippen LogP contribution in [0.5, 0.6) is 5.75 Å². The molecule has 2 aliphatic rings. The molecule has 1 spiro atoms. The zero-order valence-corrected chi connectivity index (χ0v) is 16.0. The molecule has 26 heavy (non-hydrogen) atoms. The number of anilines is 1. The molecule has 1 atom stereocenters. The van der Waals surface area contributed by atoms with Crippen molar-refractivity contribution < 1.29 is 4.74 Å². The van der Waals surface area contributed by atoms with Crippen LogP contribution in [0.3, 0.4) is 0 Å². The van der Waals surface area contributed by atoms with Crippen LogP contribution in [0.25, 0.3) is 0 Å². The van der Waals surface area contributed by atoms with Crippen molar-refractivity contribution in [2.45, 2.75) is 48.1 Å². The largest absolute Gasteiger partial charge is 0.497 e. The van der Waals surface area contributed by atoms with E-state index in [0.29, 0.717) is 11.5 Å². The van der Waals surface area contributed by atoms with E-state index in [-0.39, 0.29) is 0 Å². The fourth-order valence-electron chi connectivity index (χ4n) is 4.28. The highest BCUT2D eigenvalue weighted by molar-refractivity contribution is 7.99. The lowest BCUT2D eigenvalue weighted by molar-refractivity contribution is 0.197. The maximum absolute atomic E-state index is 6.38. The highest BCUT2D eigenvalue weighted by Crippen LogP contribution is 2.45. The predicted molar refractivity (Wildman–Crippen MR) is 105 cm³/mol. The Morgan fingerprint density at radius 3 is 2.69 bits per heavy atom. The van der Waals surface area contributed by atoms with Crippen molar-refractivity contribution >= 4 is 17.6 Å². The number of nitrogens with two attached hydrogens (primary N) is 1. The Bertz CT molecular complexity index is 744. The zero-order valence-electron chi connectivity index (χ0n) is 15.2. The Kier molecular flexibility index (Phi) is 5.05. The number of hydrogen-bond acceptors (Lipinski definition) is 6. The Labute approximate surface area is 159 Å². The quantitative estimate of drug-likeness (QED) is 0.885. The number of piperidine rings is 1. The van der Waals surface area contributed by atoms with Gasteiger partial charge in [-0.2, -0.15) is 0 Å². The van der Waals surface area contributed by atoms with Crippen molar-refractivity contribution in [3.63, 3.8) is 0 Å². The molecule has 1 aliphatic carbocycles. The molecule has 0 bridgehead atoms. The Morgan fingerprint density at radius 2 is 2.04 bits per heavy atom. The van der Waals surface area contributed by atoms with Crippen molar-refractivity contribution in [3.05, 3.63) is 36.7 Å². The highest BCUT2D eigenvalue weighted by atomic mass is 32.2. The number of rotatable bonds is 4. The molecule has 1 aliphatic heterocycles. The summed E-state index contributed by atoms with van der Waals surface area (Å²) < 4.78 is 5.27.